The minimum Gasteiger partial charge on any atom is -0.378 e. The number of carbonyl (C=O) groups is 1. The van der Waals surface area contributed by atoms with Gasteiger partial charge in [-0.15, -0.1) is 0 Å². The monoisotopic (exact) mass is 197 g/mol. The Bertz CT molecular complexity index is 211. The second-order valence-electron chi connectivity index (χ2n) is 4.36. The van der Waals surface area contributed by atoms with Crippen LogP contribution in [0.3, 0.4) is 0 Å². The van der Waals surface area contributed by atoms with E-state index in [4.69, 9.17) is 4.74 Å². The van der Waals surface area contributed by atoms with Crippen LogP contribution in [0.4, 0.5) is 0 Å². The highest BCUT2D eigenvalue weighted by Gasteiger charge is 2.33. The van der Waals surface area contributed by atoms with Crippen molar-refractivity contribution in [1.29, 1.82) is 0 Å². The molecule has 0 aromatic carbocycles. The van der Waals surface area contributed by atoms with E-state index >= 15 is 0 Å². The van der Waals surface area contributed by atoms with Crippen LogP contribution in [0.25, 0.3) is 0 Å². The standard InChI is InChI=1S/C11H19NO2/c1-9-10(5-8-14-9)11(13)12-6-3-2-4-7-12/h9-10H,2-8H2,1H3. The highest BCUT2D eigenvalue weighted by molar-refractivity contribution is 5.79. The Kier molecular flexibility index (Phi) is 3.06. The third kappa shape index (κ3) is 1.92. The van der Waals surface area contributed by atoms with E-state index in [1.807, 2.05) is 11.8 Å². The van der Waals surface area contributed by atoms with Crippen LogP contribution in [0.1, 0.15) is 32.6 Å². The van der Waals surface area contributed by atoms with Gasteiger partial charge in [-0.1, -0.05) is 0 Å². The number of hydrogen-bond donors (Lipinski definition) is 0. The van der Waals surface area contributed by atoms with Crippen LogP contribution in [-0.2, 0) is 9.53 Å². The summed E-state index contributed by atoms with van der Waals surface area (Å²) < 4.78 is 5.43. The fourth-order valence-electron chi connectivity index (χ4n) is 2.40. The van der Waals surface area contributed by atoms with Crippen molar-refractivity contribution in [1.82, 2.24) is 4.90 Å². The van der Waals surface area contributed by atoms with E-state index in [1.165, 1.54) is 19.3 Å². The fraction of sp³-hybridized carbons (Fsp3) is 0.909. The molecule has 2 aliphatic rings. The van der Waals surface area contributed by atoms with Gasteiger partial charge in [0, 0.05) is 19.7 Å². The van der Waals surface area contributed by atoms with Crippen molar-refractivity contribution in [3.05, 3.63) is 0 Å². The summed E-state index contributed by atoms with van der Waals surface area (Å²) in [4.78, 5) is 14.1. The van der Waals surface area contributed by atoms with Crippen LogP contribution in [0.5, 0.6) is 0 Å². The molecule has 2 unspecified atom stereocenters. The Morgan fingerprint density at radius 2 is 2.00 bits per heavy atom. The summed E-state index contributed by atoms with van der Waals surface area (Å²) in [5.41, 5.74) is 0. The van der Waals surface area contributed by atoms with Gasteiger partial charge in [0.25, 0.3) is 0 Å². The minimum absolute atomic E-state index is 0.129. The first-order chi connectivity index (χ1) is 6.79. The number of amides is 1. The van der Waals surface area contributed by atoms with Crippen molar-refractivity contribution in [3.63, 3.8) is 0 Å². The molecule has 0 aliphatic carbocycles. The number of rotatable bonds is 1. The normalized spacial score (nSPS) is 33.4. The van der Waals surface area contributed by atoms with Gasteiger partial charge < -0.3 is 9.64 Å². The summed E-state index contributed by atoms with van der Waals surface area (Å²) in [6.45, 7) is 4.69. The van der Waals surface area contributed by atoms with Crippen molar-refractivity contribution in [3.8, 4) is 0 Å². The maximum absolute atomic E-state index is 12.1. The topological polar surface area (TPSA) is 29.5 Å². The van der Waals surface area contributed by atoms with Crippen LogP contribution in [0, 0.1) is 5.92 Å². The first kappa shape index (κ1) is 9.97. The second-order valence-corrected chi connectivity index (χ2v) is 4.36. The zero-order chi connectivity index (χ0) is 9.97. The molecule has 0 radical (unpaired) electrons. The van der Waals surface area contributed by atoms with E-state index in [9.17, 15) is 4.79 Å². The lowest BCUT2D eigenvalue weighted by Gasteiger charge is -2.29. The molecular formula is C11H19NO2. The first-order valence-electron chi connectivity index (χ1n) is 5.69. The molecule has 2 aliphatic heterocycles. The molecule has 0 spiro atoms. The number of ether oxygens (including phenoxy) is 1. The predicted molar refractivity (Wildman–Crippen MR) is 54.0 cm³/mol. The molecule has 14 heavy (non-hydrogen) atoms. The van der Waals surface area contributed by atoms with Crippen molar-refractivity contribution in [2.75, 3.05) is 19.7 Å². The Morgan fingerprint density at radius 1 is 1.29 bits per heavy atom. The van der Waals surface area contributed by atoms with E-state index in [0.717, 1.165) is 26.1 Å². The quantitative estimate of drug-likeness (QED) is 0.636. The predicted octanol–water partition coefficient (Wildman–Crippen LogP) is 1.42. The maximum atomic E-state index is 12.1. The molecule has 0 saturated carbocycles. The van der Waals surface area contributed by atoms with Gasteiger partial charge in [0.2, 0.25) is 5.91 Å². The molecule has 2 atom stereocenters. The average molecular weight is 197 g/mol. The number of hydrogen-bond acceptors (Lipinski definition) is 2. The first-order valence-corrected chi connectivity index (χ1v) is 5.69. The van der Waals surface area contributed by atoms with Crippen LogP contribution in [-0.4, -0.2) is 36.6 Å². The van der Waals surface area contributed by atoms with E-state index in [0.29, 0.717) is 5.91 Å². The lowest BCUT2D eigenvalue weighted by molar-refractivity contribution is -0.137. The van der Waals surface area contributed by atoms with Crippen molar-refractivity contribution in [2.24, 2.45) is 5.92 Å². The SMILES string of the molecule is CC1OCCC1C(=O)N1CCCCC1. The summed E-state index contributed by atoms with van der Waals surface area (Å²) in [5, 5.41) is 0. The van der Waals surface area contributed by atoms with Crippen molar-refractivity contribution < 1.29 is 9.53 Å². The van der Waals surface area contributed by atoms with Gasteiger partial charge in [-0.25, -0.2) is 0 Å². The molecule has 2 rings (SSSR count). The zero-order valence-electron chi connectivity index (χ0n) is 8.87. The van der Waals surface area contributed by atoms with E-state index < -0.39 is 0 Å². The third-order valence-corrected chi connectivity index (χ3v) is 3.36. The van der Waals surface area contributed by atoms with Crippen LogP contribution >= 0.6 is 0 Å². The van der Waals surface area contributed by atoms with Gasteiger partial charge in [-0.3, -0.25) is 4.79 Å². The molecule has 3 heteroatoms. The number of likely N-dealkylation sites (tertiary alicyclic amines) is 1. The fourth-order valence-corrected chi connectivity index (χ4v) is 2.40. The Hall–Kier alpha value is -0.570. The number of carbonyl (C=O) groups excluding carboxylic acids is 1. The molecule has 2 saturated heterocycles. The van der Waals surface area contributed by atoms with Gasteiger partial charge in [-0.05, 0) is 32.6 Å². The zero-order valence-corrected chi connectivity index (χ0v) is 8.87. The van der Waals surface area contributed by atoms with E-state index in [2.05, 4.69) is 0 Å². The van der Waals surface area contributed by atoms with Crippen LogP contribution in [0.15, 0.2) is 0 Å². The highest BCUT2D eigenvalue weighted by atomic mass is 16.5. The van der Waals surface area contributed by atoms with Crippen LogP contribution in [0.2, 0.25) is 0 Å². The summed E-state index contributed by atoms with van der Waals surface area (Å²) in [7, 11) is 0. The molecule has 0 bridgehead atoms. The lowest BCUT2D eigenvalue weighted by Crippen LogP contribution is -2.41. The van der Waals surface area contributed by atoms with Crippen LogP contribution < -0.4 is 0 Å². The minimum atomic E-state index is 0.129. The average Bonchev–Trinajstić information content (AvgIpc) is 2.65. The highest BCUT2D eigenvalue weighted by Crippen LogP contribution is 2.24. The summed E-state index contributed by atoms with van der Waals surface area (Å²) in [6.07, 6.45) is 4.67. The summed E-state index contributed by atoms with van der Waals surface area (Å²) >= 11 is 0. The van der Waals surface area contributed by atoms with Gasteiger partial charge >= 0.3 is 0 Å². The lowest BCUT2D eigenvalue weighted by atomic mass is 9.99. The van der Waals surface area contributed by atoms with E-state index in [1.54, 1.807) is 0 Å². The van der Waals surface area contributed by atoms with Gasteiger partial charge in [0.1, 0.15) is 0 Å². The molecule has 0 aromatic heterocycles. The Labute approximate surface area is 85.4 Å². The molecule has 2 heterocycles. The largest absolute Gasteiger partial charge is 0.378 e. The molecule has 0 N–H and O–H groups in total. The molecule has 0 aromatic rings. The number of piperidine rings is 1. The third-order valence-electron chi connectivity index (χ3n) is 3.36. The molecule has 1 amide bonds. The summed E-state index contributed by atoms with van der Waals surface area (Å²) in [5.74, 6) is 0.461. The number of nitrogens with zero attached hydrogens (tertiary/aromatic N) is 1. The maximum Gasteiger partial charge on any atom is 0.228 e. The Morgan fingerprint density at radius 3 is 2.57 bits per heavy atom. The molecule has 2 fully saturated rings. The Balaban J connectivity index is 1.92. The smallest absolute Gasteiger partial charge is 0.228 e. The van der Waals surface area contributed by atoms with Crippen molar-refractivity contribution in [2.45, 2.75) is 38.7 Å². The molecular weight excluding hydrogens is 178 g/mol. The second kappa shape index (κ2) is 4.30. The molecule has 3 nitrogen and oxygen atoms in total. The molecule has 80 valence electrons. The summed E-state index contributed by atoms with van der Waals surface area (Å²) in [6, 6.07) is 0. The van der Waals surface area contributed by atoms with Gasteiger partial charge in [0.15, 0.2) is 0 Å². The van der Waals surface area contributed by atoms with Crippen molar-refractivity contribution >= 4 is 5.91 Å². The van der Waals surface area contributed by atoms with Gasteiger partial charge in [-0.2, -0.15) is 0 Å². The van der Waals surface area contributed by atoms with E-state index in [-0.39, 0.29) is 12.0 Å². The van der Waals surface area contributed by atoms with Gasteiger partial charge in [0.05, 0.1) is 12.0 Å².